The van der Waals surface area contributed by atoms with Gasteiger partial charge >= 0.3 is 0 Å². The number of nitrogens with one attached hydrogen (secondary N) is 1. The minimum absolute atomic E-state index is 0.00389. The van der Waals surface area contributed by atoms with Crippen LogP contribution in [0.4, 0.5) is 0 Å². The van der Waals surface area contributed by atoms with Gasteiger partial charge in [-0.05, 0) is 33.9 Å². The number of carbonyl (C=O) groups is 1. The number of hydrogen-bond donors (Lipinski definition) is 1. The predicted molar refractivity (Wildman–Crippen MR) is 121 cm³/mol. The van der Waals surface area contributed by atoms with Crippen molar-refractivity contribution < 1.29 is 9.53 Å². The van der Waals surface area contributed by atoms with Gasteiger partial charge in [0.15, 0.2) is 0 Å². The Labute approximate surface area is 181 Å². The molecule has 5 rings (SSSR count). The van der Waals surface area contributed by atoms with Crippen LogP contribution in [-0.4, -0.2) is 28.8 Å². The van der Waals surface area contributed by atoms with Crippen molar-refractivity contribution in [3.63, 3.8) is 0 Å². The van der Waals surface area contributed by atoms with E-state index in [2.05, 4.69) is 41.8 Å². The molecule has 0 radical (unpaired) electrons. The number of nitrogens with zero attached hydrogens (tertiary/aromatic N) is 2. The van der Waals surface area contributed by atoms with Gasteiger partial charge in [0.1, 0.15) is 6.10 Å². The molecule has 1 aromatic heterocycles. The Morgan fingerprint density at radius 2 is 1.84 bits per heavy atom. The second-order valence-corrected chi connectivity index (χ2v) is 7.95. The third-order valence-corrected chi connectivity index (χ3v) is 5.77. The van der Waals surface area contributed by atoms with Crippen LogP contribution in [0.1, 0.15) is 28.5 Å². The standard InChI is InChI=1S/C26H25N3O2/c30-25(15-21-11-6-10-20-9-4-5-12-23(20)21)27-16-24-26-22(13-14-31-24)18-29(28-26)17-19-7-2-1-3-8-19/h1-12,18,24H,13-17H2,(H,27,30). The van der Waals surface area contributed by atoms with Gasteiger partial charge in [0, 0.05) is 12.7 Å². The van der Waals surface area contributed by atoms with Crippen molar-refractivity contribution >= 4 is 16.7 Å². The highest BCUT2D eigenvalue weighted by molar-refractivity contribution is 5.90. The third kappa shape index (κ3) is 4.37. The summed E-state index contributed by atoms with van der Waals surface area (Å²) in [4.78, 5) is 12.7. The average molecular weight is 412 g/mol. The monoisotopic (exact) mass is 411 g/mol. The van der Waals surface area contributed by atoms with E-state index in [1.165, 1.54) is 11.1 Å². The minimum atomic E-state index is -0.211. The lowest BCUT2D eigenvalue weighted by Gasteiger charge is -2.22. The summed E-state index contributed by atoms with van der Waals surface area (Å²) in [5.74, 6) is -0.00389. The van der Waals surface area contributed by atoms with Crippen LogP contribution < -0.4 is 5.32 Å². The normalized spacial score (nSPS) is 15.5. The van der Waals surface area contributed by atoms with Gasteiger partial charge in [-0.1, -0.05) is 72.8 Å². The second kappa shape index (κ2) is 8.74. The Kier molecular flexibility index (Phi) is 5.50. The minimum Gasteiger partial charge on any atom is -0.370 e. The van der Waals surface area contributed by atoms with Crippen LogP contribution in [0.15, 0.2) is 79.0 Å². The first-order valence-electron chi connectivity index (χ1n) is 10.7. The van der Waals surface area contributed by atoms with E-state index in [9.17, 15) is 4.79 Å². The fourth-order valence-corrected chi connectivity index (χ4v) is 4.23. The zero-order valence-electron chi connectivity index (χ0n) is 17.3. The van der Waals surface area contributed by atoms with Crippen LogP contribution in [0.25, 0.3) is 10.8 Å². The van der Waals surface area contributed by atoms with E-state index in [1.807, 2.05) is 47.1 Å². The molecule has 0 saturated heterocycles. The van der Waals surface area contributed by atoms with E-state index in [0.717, 1.165) is 35.0 Å². The number of hydrogen-bond acceptors (Lipinski definition) is 3. The molecular weight excluding hydrogens is 386 g/mol. The van der Waals surface area contributed by atoms with Gasteiger partial charge in [0.2, 0.25) is 5.91 Å². The molecule has 2 heterocycles. The molecule has 5 nitrogen and oxygen atoms in total. The van der Waals surface area contributed by atoms with Crippen molar-refractivity contribution in [3.8, 4) is 0 Å². The van der Waals surface area contributed by atoms with E-state index in [4.69, 9.17) is 9.84 Å². The summed E-state index contributed by atoms with van der Waals surface area (Å²) in [6.45, 7) is 1.81. The molecule has 0 bridgehead atoms. The molecule has 1 amide bonds. The van der Waals surface area contributed by atoms with Crippen molar-refractivity contribution in [2.75, 3.05) is 13.2 Å². The summed E-state index contributed by atoms with van der Waals surface area (Å²) in [6.07, 6.45) is 3.10. The fraction of sp³-hybridized carbons (Fsp3) is 0.231. The number of amides is 1. The number of fused-ring (bicyclic) bond motifs is 2. The van der Waals surface area contributed by atoms with Crippen molar-refractivity contribution in [2.45, 2.75) is 25.5 Å². The number of ether oxygens (including phenoxy) is 1. The molecule has 1 aliphatic rings. The average Bonchev–Trinajstić information content (AvgIpc) is 3.21. The quantitative estimate of drug-likeness (QED) is 0.521. The van der Waals surface area contributed by atoms with Crippen molar-refractivity contribution in [1.29, 1.82) is 0 Å². The molecule has 1 unspecified atom stereocenters. The van der Waals surface area contributed by atoms with Gasteiger partial charge in [-0.15, -0.1) is 0 Å². The predicted octanol–water partition coefficient (Wildman–Crippen LogP) is 4.06. The lowest BCUT2D eigenvalue weighted by molar-refractivity contribution is -0.121. The largest absolute Gasteiger partial charge is 0.370 e. The summed E-state index contributed by atoms with van der Waals surface area (Å²) in [5.41, 5.74) is 4.39. The van der Waals surface area contributed by atoms with Gasteiger partial charge in [-0.25, -0.2) is 0 Å². The highest BCUT2D eigenvalue weighted by Gasteiger charge is 2.25. The summed E-state index contributed by atoms with van der Waals surface area (Å²) in [5, 5.41) is 10.1. The zero-order chi connectivity index (χ0) is 21.0. The molecule has 1 aliphatic heterocycles. The number of rotatable bonds is 6. The number of aromatic nitrogens is 2. The first kappa shape index (κ1) is 19.5. The Hall–Kier alpha value is -3.44. The molecule has 3 aromatic carbocycles. The second-order valence-electron chi connectivity index (χ2n) is 7.95. The maximum Gasteiger partial charge on any atom is 0.224 e. The van der Waals surface area contributed by atoms with E-state index in [0.29, 0.717) is 19.6 Å². The Morgan fingerprint density at radius 1 is 1.03 bits per heavy atom. The Balaban J connectivity index is 1.24. The molecule has 0 aliphatic carbocycles. The van der Waals surface area contributed by atoms with Crippen LogP contribution in [0.5, 0.6) is 0 Å². The maximum atomic E-state index is 12.7. The molecule has 1 N–H and O–H groups in total. The van der Waals surface area contributed by atoms with E-state index in [1.54, 1.807) is 0 Å². The Bertz CT molecular complexity index is 1190. The number of benzene rings is 3. The molecule has 1 atom stereocenters. The van der Waals surface area contributed by atoms with Crippen LogP contribution in [0, 0.1) is 0 Å². The van der Waals surface area contributed by atoms with Gasteiger partial charge in [-0.2, -0.15) is 5.10 Å². The van der Waals surface area contributed by atoms with Crippen molar-refractivity contribution in [2.24, 2.45) is 0 Å². The van der Waals surface area contributed by atoms with Gasteiger partial charge in [-0.3, -0.25) is 9.48 Å². The third-order valence-electron chi connectivity index (χ3n) is 5.77. The lowest BCUT2D eigenvalue weighted by Crippen LogP contribution is -2.32. The van der Waals surface area contributed by atoms with Crippen molar-refractivity contribution in [3.05, 3.63) is 101 Å². The van der Waals surface area contributed by atoms with Crippen LogP contribution in [-0.2, 0) is 28.9 Å². The SMILES string of the molecule is O=C(Cc1cccc2ccccc12)NCC1OCCc2cn(Cc3ccccc3)nc21. The van der Waals surface area contributed by atoms with Gasteiger partial charge < -0.3 is 10.1 Å². The van der Waals surface area contributed by atoms with Gasteiger partial charge in [0.25, 0.3) is 0 Å². The Morgan fingerprint density at radius 3 is 2.74 bits per heavy atom. The number of carbonyl (C=O) groups excluding carboxylic acids is 1. The highest BCUT2D eigenvalue weighted by atomic mass is 16.5. The van der Waals surface area contributed by atoms with Crippen LogP contribution in [0.2, 0.25) is 0 Å². The maximum absolute atomic E-state index is 12.7. The zero-order valence-corrected chi connectivity index (χ0v) is 17.3. The summed E-state index contributed by atoms with van der Waals surface area (Å²) >= 11 is 0. The van der Waals surface area contributed by atoms with Crippen LogP contribution in [0.3, 0.4) is 0 Å². The van der Waals surface area contributed by atoms with Crippen LogP contribution >= 0.6 is 0 Å². The smallest absolute Gasteiger partial charge is 0.224 e. The summed E-state index contributed by atoms with van der Waals surface area (Å²) in [7, 11) is 0. The molecule has 0 fully saturated rings. The molecule has 0 spiro atoms. The first-order chi connectivity index (χ1) is 15.3. The molecule has 4 aromatic rings. The van der Waals surface area contributed by atoms with Crippen molar-refractivity contribution in [1.82, 2.24) is 15.1 Å². The topological polar surface area (TPSA) is 56.1 Å². The molecule has 5 heteroatoms. The van der Waals surface area contributed by atoms with Gasteiger partial charge in [0.05, 0.1) is 25.3 Å². The lowest BCUT2D eigenvalue weighted by atomic mass is 10.0. The molecule has 0 saturated carbocycles. The molecule has 31 heavy (non-hydrogen) atoms. The first-order valence-corrected chi connectivity index (χ1v) is 10.7. The van der Waals surface area contributed by atoms with E-state index < -0.39 is 0 Å². The summed E-state index contributed by atoms with van der Waals surface area (Å²) < 4.78 is 7.92. The summed E-state index contributed by atoms with van der Waals surface area (Å²) in [6, 6.07) is 24.5. The highest BCUT2D eigenvalue weighted by Crippen LogP contribution is 2.26. The fourth-order valence-electron chi connectivity index (χ4n) is 4.23. The van der Waals surface area contributed by atoms with E-state index >= 15 is 0 Å². The van der Waals surface area contributed by atoms with E-state index in [-0.39, 0.29) is 12.0 Å². The molecular formula is C26H25N3O2. The molecule has 156 valence electrons.